The predicted molar refractivity (Wildman–Crippen MR) is 81.4 cm³/mol. The van der Waals surface area contributed by atoms with Crippen molar-refractivity contribution >= 4 is 21.8 Å². The molecule has 3 rings (SSSR count). The third-order valence-electron chi connectivity index (χ3n) is 3.65. The Labute approximate surface area is 136 Å². The number of halogens is 2. The summed E-state index contributed by atoms with van der Waals surface area (Å²) in [6, 6.07) is 3.35. The highest BCUT2D eigenvalue weighted by Crippen LogP contribution is 2.37. The van der Waals surface area contributed by atoms with Crippen molar-refractivity contribution in [1.82, 2.24) is 9.46 Å². The van der Waals surface area contributed by atoms with E-state index in [0.29, 0.717) is 18.7 Å². The Bertz CT molecular complexity index is 781. The first kappa shape index (κ1) is 16.4. The summed E-state index contributed by atoms with van der Waals surface area (Å²) in [6.45, 7) is 0.521. The van der Waals surface area contributed by atoms with Crippen molar-refractivity contribution in [3.05, 3.63) is 47.9 Å². The molecule has 0 saturated carbocycles. The summed E-state index contributed by atoms with van der Waals surface area (Å²) in [6.07, 6.45) is 2.63. The summed E-state index contributed by atoms with van der Waals surface area (Å²) < 4.78 is 58.1. The lowest BCUT2D eigenvalue weighted by molar-refractivity contribution is 0.412. The number of hydrogen-bond donors (Lipinski definition) is 0. The molecule has 0 radical (unpaired) electrons. The van der Waals surface area contributed by atoms with Crippen molar-refractivity contribution in [2.24, 2.45) is 0 Å². The molecule has 0 aliphatic carbocycles. The minimum Gasteiger partial charge on any atom is -0.363 e. The molecule has 124 valence electrons. The molecule has 23 heavy (non-hydrogen) atoms. The average Bonchev–Trinajstić information content (AvgIpc) is 2.95. The summed E-state index contributed by atoms with van der Waals surface area (Å²) in [5, 5.41) is 3.13. The van der Waals surface area contributed by atoms with Gasteiger partial charge in [0.15, 0.2) is 0 Å². The van der Waals surface area contributed by atoms with Crippen LogP contribution in [0.5, 0.6) is 0 Å². The smallest absolute Gasteiger partial charge is 0.247 e. The molecule has 5 nitrogen and oxygen atoms in total. The Morgan fingerprint density at radius 1 is 1.30 bits per heavy atom. The maximum atomic E-state index is 13.9. The van der Waals surface area contributed by atoms with Crippen molar-refractivity contribution < 1.29 is 21.7 Å². The van der Waals surface area contributed by atoms with E-state index < -0.39 is 21.7 Å². The lowest BCUT2D eigenvalue weighted by Crippen LogP contribution is -2.32. The predicted octanol–water partition coefficient (Wildman–Crippen LogP) is 2.82. The summed E-state index contributed by atoms with van der Waals surface area (Å²) in [7, 11) is -3.67. The van der Waals surface area contributed by atoms with Gasteiger partial charge >= 0.3 is 0 Å². The fraction of sp³-hybridized carbons (Fsp3) is 0.357. The second kappa shape index (κ2) is 6.58. The van der Waals surface area contributed by atoms with Crippen LogP contribution in [0.4, 0.5) is 8.78 Å². The molecular formula is C14H14F2N2O3S2. The maximum Gasteiger partial charge on any atom is 0.247 e. The van der Waals surface area contributed by atoms with Crippen molar-refractivity contribution in [3.63, 3.8) is 0 Å². The molecule has 0 amide bonds. The van der Waals surface area contributed by atoms with Gasteiger partial charge in [-0.25, -0.2) is 17.2 Å². The second-order valence-corrected chi connectivity index (χ2v) is 8.33. The number of rotatable bonds is 3. The van der Waals surface area contributed by atoms with Crippen molar-refractivity contribution in [2.45, 2.75) is 16.6 Å². The number of thioether (sulfide) groups is 1. The molecule has 2 aromatic rings. The third-order valence-corrected chi connectivity index (χ3v) is 6.81. The van der Waals surface area contributed by atoms with Crippen molar-refractivity contribution in [3.8, 4) is 0 Å². The van der Waals surface area contributed by atoms with Gasteiger partial charge in [-0.2, -0.15) is 16.1 Å². The molecule has 1 aliphatic heterocycles. The summed E-state index contributed by atoms with van der Waals surface area (Å²) in [5.41, 5.74) is 0.277. The van der Waals surface area contributed by atoms with Crippen LogP contribution in [-0.2, 0) is 10.0 Å². The van der Waals surface area contributed by atoms with Crippen LogP contribution in [-0.4, -0.2) is 36.7 Å². The number of hydrogen-bond acceptors (Lipinski definition) is 5. The molecule has 1 unspecified atom stereocenters. The minimum absolute atomic E-state index is 0.00196. The lowest BCUT2D eigenvalue weighted by atomic mass is 10.1. The van der Waals surface area contributed by atoms with Crippen LogP contribution in [0.25, 0.3) is 0 Å². The van der Waals surface area contributed by atoms with E-state index in [1.165, 1.54) is 22.1 Å². The van der Waals surface area contributed by atoms with Crippen LogP contribution >= 0.6 is 11.8 Å². The van der Waals surface area contributed by atoms with Gasteiger partial charge in [-0.3, -0.25) is 0 Å². The van der Waals surface area contributed by atoms with E-state index in [2.05, 4.69) is 9.68 Å². The fourth-order valence-electron chi connectivity index (χ4n) is 2.47. The molecular weight excluding hydrogens is 346 g/mol. The van der Waals surface area contributed by atoms with Gasteiger partial charge < -0.3 is 4.52 Å². The molecule has 1 aromatic heterocycles. The quantitative estimate of drug-likeness (QED) is 0.842. The van der Waals surface area contributed by atoms with Gasteiger partial charge in [0.25, 0.3) is 0 Å². The summed E-state index contributed by atoms with van der Waals surface area (Å²) >= 11 is 1.43. The zero-order valence-corrected chi connectivity index (χ0v) is 13.6. The molecule has 2 heterocycles. The van der Waals surface area contributed by atoms with Gasteiger partial charge in [-0.05, 0) is 24.6 Å². The van der Waals surface area contributed by atoms with E-state index in [1.54, 1.807) is 0 Å². The molecule has 1 atom stereocenters. The SMILES string of the molecule is O=S(=O)(c1cnoc1)N1CCSC(c2cc(F)ccc2F)CC1. The van der Waals surface area contributed by atoms with Gasteiger partial charge in [-0.1, -0.05) is 5.16 Å². The van der Waals surface area contributed by atoms with Crippen molar-refractivity contribution in [2.75, 3.05) is 18.8 Å². The van der Waals surface area contributed by atoms with Gasteiger partial charge in [0.1, 0.15) is 22.8 Å². The fourth-order valence-corrected chi connectivity index (χ4v) is 5.15. The number of sulfonamides is 1. The summed E-state index contributed by atoms with van der Waals surface area (Å²) in [4.78, 5) is -0.00196. The van der Waals surface area contributed by atoms with E-state index in [4.69, 9.17) is 0 Å². The van der Waals surface area contributed by atoms with Crippen LogP contribution in [0, 0.1) is 11.6 Å². The van der Waals surface area contributed by atoms with Gasteiger partial charge in [0, 0.05) is 29.7 Å². The zero-order valence-electron chi connectivity index (χ0n) is 12.0. The van der Waals surface area contributed by atoms with E-state index >= 15 is 0 Å². The standard InChI is InChI=1S/C14H14F2N2O3S2/c15-10-1-2-13(16)12(7-10)14-3-4-18(5-6-22-14)23(19,20)11-8-17-21-9-11/h1-2,7-9,14H,3-6H2. The third kappa shape index (κ3) is 3.41. The van der Waals surface area contributed by atoms with E-state index in [0.717, 1.165) is 24.6 Å². The highest BCUT2D eigenvalue weighted by Gasteiger charge is 2.30. The highest BCUT2D eigenvalue weighted by atomic mass is 32.2. The first-order valence-corrected chi connectivity index (χ1v) is 9.43. The first-order chi connectivity index (χ1) is 11.0. The Balaban J connectivity index is 1.79. The van der Waals surface area contributed by atoms with E-state index in [-0.39, 0.29) is 22.3 Å². The molecule has 9 heteroatoms. The number of benzene rings is 1. The Morgan fingerprint density at radius 2 is 2.13 bits per heavy atom. The van der Waals surface area contributed by atoms with Gasteiger partial charge in [-0.15, -0.1) is 0 Å². The van der Waals surface area contributed by atoms with Crippen LogP contribution in [0.3, 0.4) is 0 Å². The van der Waals surface area contributed by atoms with Crippen LogP contribution < -0.4 is 0 Å². The summed E-state index contributed by atoms with van der Waals surface area (Å²) in [5.74, 6) is -0.482. The Morgan fingerprint density at radius 3 is 2.87 bits per heavy atom. The normalized spacial score (nSPS) is 20.3. The molecule has 1 aliphatic rings. The minimum atomic E-state index is -3.67. The van der Waals surface area contributed by atoms with E-state index in [9.17, 15) is 17.2 Å². The molecule has 0 spiro atoms. The van der Waals surface area contributed by atoms with Gasteiger partial charge in [0.2, 0.25) is 10.0 Å². The van der Waals surface area contributed by atoms with Crippen LogP contribution in [0.15, 0.2) is 40.1 Å². The van der Waals surface area contributed by atoms with E-state index in [1.807, 2.05) is 0 Å². The molecule has 1 aromatic carbocycles. The Hall–Kier alpha value is -1.45. The highest BCUT2D eigenvalue weighted by molar-refractivity contribution is 7.99. The average molecular weight is 360 g/mol. The van der Waals surface area contributed by atoms with Crippen molar-refractivity contribution in [1.29, 1.82) is 0 Å². The molecule has 1 saturated heterocycles. The van der Waals surface area contributed by atoms with Gasteiger partial charge in [0.05, 0.1) is 6.20 Å². The van der Waals surface area contributed by atoms with Crippen LogP contribution in [0.1, 0.15) is 17.2 Å². The monoisotopic (exact) mass is 360 g/mol. The van der Waals surface area contributed by atoms with Crippen LogP contribution in [0.2, 0.25) is 0 Å². The zero-order chi connectivity index (χ0) is 16.4. The number of nitrogens with zero attached hydrogens (tertiary/aromatic N) is 2. The molecule has 1 fully saturated rings. The number of aromatic nitrogens is 1. The Kier molecular flexibility index (Phi) is 4.69. The largest absolute Gasteiger partial charge is 0.363 e. The topological polar surface area (TPSA) is 63.4 Å². The lowest BCUT2D eigenvalue weighted by Gasteiger charge is -2.18. The second-order valence-electron chi connectivity index (χ2n) is 5.08. The molecule has 0 N–H and O–H groups in total. The molecule has 0 bridgehead atoms. The first-order valence-electron chi connectivity index (χ1n) is 6.94. The maximum absolute atomic E-state index is 13.9.